The first-order valence-electron chi connectivity index (χ1n) is 6.83. The molecule has 2 rings (SSSR count). The van der Waals surface area contributed by atoms with E-state index in [0.717, 1.165) is 0 Å². The highest BCUT2D eigenvalue weighted by atomic mass is 16.5. The second-order valence-electron chi connectivity index (χ2n) is 5.31. The Bertz CT molecular complexity index is 576. The van der Waals surface area contributed by atoms with Gasteiger partial charge in [-0.1, -0.05) is 0 Å². The molecule has 7 nitrogen and oxygen atoms in total. The summed E-state index contributed by atoms with van der Waals surface area (Å²) in [5.41, 5.74) is 0.580. The lowest BCUT2D eigenvalue weighted by Crippen LogP contribution is -2.55. The quantitative estimate of drug-likeness (QED) is 0.846. The van der Waals surface area contributed by atoms with Gasteiger partial charge in [0.15, 0.2) is 0 Å². The summed E-state index contributed by atoms with van der Waals surface area (Å²) in [6.45, 7) is 0.869. The molecular formula is C15H18N2O5. The van der Waals surface area contributed by atoms with Gasteiger partial charge in [0.2, 0.25) is 5.91 Å². The summed E-state index contributed by atoms with van der Waals surface area (Å²) in [5.74, 6) is -1.31. The van der Waals surface area contributed by atoms with Gasteiger partial charge in [-0.05, 0) is 24.3 Å². The van der Waals surface area contributed by atoms with E-state index >= 15 is 0 Å². The van der Waals surface area contributed by atoms with Crippen molar-refractivity contribution in [1.82, 2.24) is 9.80 Å². The van der Waals surface area contributed by atoms with Crippen LogP contribution in [-0.4, -0.2) is 72.6 Å². The molecule has 0 aliphatic carbocycles. The SMILES string of the molecule is CN(C)C(=O)COC1CN(C(=O)c2ccc(C(=O)O)cc2)C1. The third-order valence-corrected chi connectivity index (χ3v) is 3.46. The van der Waals surface area contributed by atoms with Crippen molar-refractivity contribution < 1.29 is 24.2 Å². The Morgan fingerprint density at radius 3 is 2.23 bits per heavy atom. The van der Waals surface area contributed by atoms with Gasteiger partial charge in [-0.15, -0.1) is 0 Å². The zero-order chi connectivity index (χ0) is 16.3. The molecule has 118 valence electrons. The number of amides is 2. The molecular weight excluding hydrogens is 288 g/mol. The van der Waals surface area contributed by atoms with Crippen molar-refractivity contribution in [1.29, 1.82) is 0 Å². The van der Waals surface area contributed by atoms with Crippen molar-refractivity contribution in [2.75, 3.05) is 33.8 Å². The molecule has 0 spiro atoms. The summed E-state index contributed by atoms with van der Waals surface area (Å²) in [5, 5.41) is 8.82. The first-order valence-corrected chi connectivity index (χ1v) is 6.83. The Morgan fingerprint density at radius 2 is 1.73 bits per heavy atom. The number of carbonyl (C=O) groups is 3. The Kier molecular flexibility index (Phi) is 4.77. The van der Waals surface area contributed by atoms with Crippen molar-refractivity contribution in [3.63, 3.8) is 0 Å². The molecule has 1 fully saturated rings. The molecule has 0 unspecified atom stereocenters. The number of aromatic carboxylic acids is 1. The molecule has 0 aromatic heterocycles. The van der Waals surface area contributed by atoms with Crippen LogP contribution in [0.3, 0.4) is 0 Å². The lowest BCUT2D eigenvalue weighted by atomic mass is 10.1. The zero-order valence-electron chi connectivity index (χ0n) is 12.5. The predicted molar refractivity (Wildman–Crippen MR) is 77.7 cm³/mol. The lowest BCUT2D eigenvalue weighted by molar-refractivity contribution is -0.138. The number of carboxylic acid groups (broad SMARTS) is 1. The number of nitrogens with zero attached hydrogens (tertiary/aromatic N) is 2. The summed E-state index contributed by atoms with van der Waals surface area (Å²) < 4.78 is 5.41. The van der Waals surface area contributed by atoms with Crippen molar-refractivity contribution in [2.45, 2.75) is 6.10 Å². The molecule has 0 atom stereocenters. The van der Waals surface area contributed by atoms with Crippen molar-refractivity contribution in [3.05, 3.63) is 35.4 Å². The topological polar surface area (TPSA) is 87.2 Å². The van der Waals surface area contributed by atoms with Crippen LogP contribution in [0.25, 0.3) is 0 Å². The van der Waals surface area contributed by atoms with E-state index in [0.29, 0.717) is 18.7 Å². The van der Waals surface area contributed by atoms with Gasteiger partial charge in [0, 0.05) is 32.7 Å². The van der Waals surface area contributed by atoms with Crippen LogP contribution in [-0.2, 0) is 9.53 Å². The standard InChI is InChI=1S/C15H18N2O5/c1-16(2)13(18)9-22-12-7-17(8-12)14(19)10-3-5-11(6-4-10)15(20)21/h3-6,12H,7-9H2,1-2H3,(H,20,21). The van der Waals surface area contributed by atoms with Gasteiger partial charge in [0.25, 0.3) is 5.91 Å². The summed E-state index contributed by atoms with van der Waals surface area (Å²) in [6, 6.07) is 5.79. The number of hydrogen-bond acceptors (Lipinski definition) is 4. The van der Waals surface area contributed by atoms with Crippen LogP contribution < -0.4 is 0 Å². The third-order valence-electron chi connectivity index (χ3n) is 3.46. The second-order valence-corrected chi connectivity index (χ2v) is 5.31. The Labute approximate surface area is 128 Å². The number of rotatable bonds is 5. The number of hydrogen-bond donors (Lipinski definition) is 1. The lowest BCUT2D eigenvalue weighted by Gasteiger charge is -2.38. The van der Waals surface area contributed by atoms with E-state index in [9.17, 15) is 14.4 Å². The van der Waals surface area contributed by atoms with Gasteiger partial charge in [-0.2, -0.15) is 0 Å². The normalized spacial score (nSPS) is 14.4. The van der Waals surface area contributed by atoms with Crippen LogP contribution in [0.15, 0.2) is 24.3 Å². The molecule has 1 aromatic rings. The fourth-order valence-corrected chi connectivity index (χ4v) is 1.97. The second kappa shape index (κ2) is 6.57. The molecule has 1 heterocycles. The highest BCUT2D eigenvalue weighted by Crippen LogP contribution is 2.16. The zero-order valence-corrected chi connectivity index (χ0v) is 12.5. The van der Waals surface area contributed by atoms with Crippen LogP contribution >= 0.6 is 0 Å². The highest BCUT2D eigenvalue weighted by Gasteiger charge is 2.32. The minimum atomic E-state index is -1.03. The minimum Gasteiger partial charge on any atom is -0.478 e. The Hall–Kier alpha value is -2.41. The summed E-state index contributed by atoms with van der Waals surface area (Å²) >= 11 is 0. The molecule has 0 radical (unpaired) electrons. The maximum atomic E-state index is 12.1. The maximum absolute atomic E-state index is 12.1. The number of carbonyl (C=O) groups excluding carboxylic acids is 2. The first-order chi connectivity index (χ1) is 10.4. The summed E-state index contributed by atoms with van der Waals surface area (Å²) in [4.78, 5) is 37.3. The van der Waals surface area contributed by atoms with Crippen LogP contribution in [0.2, 0.25) is 0 Å². The van der Waals surface area contributed by atoms with Crippen LogP contribution in [0.5, 0.6) is 0 Å². The summed E-state index contributed by atoms with van der Waals surface area (Å²) in [6.07, 6.45) is -0.133. The maximum Gasteiger partial charge on any atom is 0.335 e. The smallest absolute Gasteiger partial charge is 0.335 e. The predicted octanol–water partition coefficient (Wildman–Crippen LogP) is 0.314. The molecule has 0 saturated carbocycles. The van der Waals surface area contributed by atoms with E-state index in [4.69, 9.17) is 9.84 Å². The number of carboxylic acids is 1. The van der Waals surface area contributed by atoms with Crippen LogP contribution in [0, 0.1) is 0 Å². The number of benzene rings is 1. The number of likely N-dealkylation sites (N-methyl/N-ethyl adjacent to an activating group) is 1. The molecule has 1 aliphatic heterocycles. The van der Waals surface area contributed by atoms with Gasteiger partial charge < -0.3 is 19.6 Å². The van der Waals surface area contributed by atoms with Gasteiger partial charge in [-0.25, -0.2) is 4.79 Å². The van der Waals surface area contributed by atoms with E-state index in [2.05, 4.69) is 0 Å². The number of ether oxygens (including phenoxy) is 1. The first kappa shape index (κ1) is 16.0. The van der Waals surface area contributed by atoms with E-state index in [1.54, 1.807) is 19.0 Å². The van der Waals surface area contributed by atoms with E-state index in [1.165, 1.54) is 29.2 Å². The molecule has 0 bridgehead atoms. The van der Waals surface area contributed by atoms with Gasteiger partial charge in [0.05, 0.1) is 11.7 Å². The molecule has 7 heteroatoms. The third kappa shape index (κ3) is 3.62. The van der Waals surface area contributed by atoms with E-state index in [-0.39, 0.29) is 30.1 Å². The van der Waals surface area contributed by atoms with Crippen LogP contribution in [0.4, 0.5) is 0 Å². The molecule has 1 N–H and O–H groups in total. The average Bonchev–Trinajstić information content (AvgIpc) is 2.45. The highest BCUT2D eigenvalue weighted by molar-refractivity contribution is 5.96. The van der Waals surface area contributed by atoms with E-state index < -0.39 is 5.97 Å². The van der Waals surface area contributed by atoms with Gasteiger partial charge >= 0.3 is 5.97 Å². The van der Waals surface area contributed by atoms with Crippen molar-refractivity contribution in [3.8, 4) is 0 Å². The molecule has 1 aliphatic rings. The Balaban J connectivity index is 1.81. The monoisotopic (exact) mass is 306 g/mol. The average molecular weight is 306 g/mol. The van der Waals surface area contributed by atoms with Gasteiger partial charge in [-0.3, -0.25) is 9.59 Å². The molecule has 2 amide bonds. The minimum absolute atomic E-state index is 0.00695. The fourth-order valence-electron chi connectivity index (χ4n) is 1.97. The van der Waals surface area contributed by atoms with Crippen LogP contribution in [0.1, 0.15) is 20.7 Å². The molecule has 1 saturated heterocycles. The fraction of sp³-hybridized carbons (Fsp3) is 0.400. The van der Waals surface area contributed by atoms with Gasteiger partial charge in [0.1, 0.15) is 6.61 Å². The van der Waals surface area contributed by atoms with Crippen molar-refractivity contribution >= 4 is 17.8 Å². The van der Waals surface area contributed by atoms with Crippen molar-refractivity contribution in [2.24, 2.45) is 0 Å². The van der Waals surface area contributed by atoms with E-state index in [1.807, 2.05) is 0 Å². The molecule has 1 aromatic carbocycles. The molecule has 22 heavy (non-hydrogen) atoms. The Morgan fingerprint density at radius 1 is 1.18 bits per heavy atom. The summed E-state index contributed by atoms with van der Waals surface area (Å²) in [7, 11) is 3.31. The largest absolute Gasteiger partial charge is 0.478 e. The number of likely N-dealkylation sites (tertiary alicyclic amines) is 1.